The van der Waals surface area contributed by atoms with E-state index >= 15 is 0 Å². The molecule has 0 saturated carbocycles. The van der Waals surface area contributed by atoms with Crippen molar-refractivity contribution in [3.05, 3.63) is 42.0 Å². The van der Waals surface area contributed by atoms with Crippen LogP contribution in [0.25, 0.3) is 0 Å². The highest BCUT2D eigenvalue weighted by Gasteiger charge is 2.06. The lowest BCUT2D eigenvalue weighted by Crippen LogP contribution is -2.02. The quantitative estimate of drug-likeness (QED) is 0.526. The van der Waals surface area contributed by atoms with Crippen LogP contribution < -0.4 is 0 Å². The van der Waals surface area contributed by atoms with Gasteiger partial charge in [-0.3, -0.25) is 9.78 Å². The monoisotopic (exact) mass is 179 g/mol. The normalized spacial score (nSPS) is 9.69. The first-order chi connectivity index (χ1) is 6.09. The minimum Gasteiger partial charge on any atom is -0.292 e. The van der Waals surface area contributed by atoms with E-state index in [1.165, 1.54) is 12.1 Å². The summed E-state index contributed by atoms with van der Waals surface area (Å²) >= 11 is 0. The summed E-state index contributed by atoms with van der Waals surface area (Å²) in [5.74, 6) is -0.570. The molecule has 0 fully saturated rings. The topological polar surface area (TPSA) is 30.0 Å². The lowest BCUT2D eigenvalue weighted by molar-refractivity contribution is 0.0988. The smallest absolute Gasteiger partial charge is 0.185 e. The maximum Gasteiger partial charge on any atom is 0.185 e. The number of carbonyl (C=O) groups is 1. The minimum absolute atomic E-state index is 0.132. The molecule has 0 radical (unpaired) electrons. The summed E-state index contributed by atoms with van der Waals surface area (Å²) < 4.78 is 12.4. The van der Waals surface area contributed by atoms with E-state index < -0.39 is 5.82 Å². The summed E-state index contributed by atoms with van der Waals surface area (Å²) in [5.41, 5.74) is 1.06. The van der Waals surface area contributed by atoms with Gasteiger partial charge >= 0.3 is 0 Å². The van der Waals surface area contributed by atoms with Crippen molar-refractivity contribution in [2.24, 2.45) is 0 Å². The SMILES string of the molecule is C=C(C)CC(=O)c1ccc(F)cn1. The Labute approximate surface area is 76.1 Å². The maximum absolute atomic E-state index is 12.4. The Morgan fingerprint density at radius 3 is 2.77 bits per heavy atom. The Hall–Kier alpha value is -1.51. The van der Waals surface area contributed by atoms with Gasteiger partial charge in [0, 0.05) is 6.42 Å². The minimum atomic E-state index is -0.438. The zero-order valence-electron chi connectivity index (χ0n) is 7.38. The number of ketones is 1. The van der Waals surface area contributed by atoms with Gasteiger partial charge < -0.3 is 0 Å². The molecule has 0 aromatic carbocycles. The molecular weight excluding hydrogens is 169 g/mol. The van der Waals surface area contributed by atoms with Crippen LogP contribution in [-0.4, -0.2) is 10.8 Å². The number of halogens is 1. The first-order valence-corrected chi connectivity index (χ1v) is 3.88. The highest BCUT2D eigenvalue weighted by Crippen LogP contribution is 2.05. The molecule has 0 aliphatic heterocycles. The van der Waals surface area contributed by atoms with Crippen molar-refractivity contribution in [1.82, 2.24) is 4.98 Å². The van der Waals surface area contributed by atoms with Gasteiger partial charge in [-0.2, -0.15) is 0 Å². The number of pyridine rings is 1. The molecule has 0 amide bonds. The fourth-order valence-electron chi connectivity index (χ4n) is 0.905. The summed E-state index contributed by atoms with van der Waals surface area (Å²) in [4.78, 5) is 15.0. The van der Waals surface area contributed by atoms with E-state index in [-0.39, 0.29) is 17.9 Å². The highest BCUT2D eigenvalue weighted by atomic mass is 19.1. The van der Waals surface area contributed by atoms with Crippen LogP contribution in [0.1, 0.15) is 23.8 Å². The van der Waals surface area contributed by atoms with Gasteiger partial charge in [0.15, 0.2) is 5.78 Å². The second-order valence-corrected chi connectivity index (χ2v) is 2.92. The molecule has 1 heterocycles. The Balaban J connectivity index is 2.78. The number of Topliss-reactive ketones (excluding diaryl/α,β-unsaturated/α-hetero) is 1. The molecule has 3 heteroatoms. The summed E-state index contributed by atoms with van der Waals surface area (Å²) in [6, 6.07) is 2.60. The van der Waals surface area contributed by atoms with Crippen molar-refractivity contribution in [1.29, 1.82) is 0 Å². The Kier molecular flexibility index (Phi) is 2.90. The van der Waals surface area contributed by atoms with Crippen molar-refractivity contribution in [2.45, 2.75) is 13.3 Å². The van der Waals surface area contributed by atoms with Gasteiger partial charge in [-0.05, 0) is 19.1 Å². The van der Waals surface area contributed by atoms with Gasteiger partial charge in [0.1, 0.15) is 11.5 Å². The molecule has 13 heavy (non-hydrogen) atoms. The molecule has 0 saturated heterocycles. The van der Waals surface area contributed by atoms with E-state index in [4.69, 9.17) is 0 Å². The third-order valence-electron chi connectivity index (χ3n) is 1.48. The molecule has 0 aliphatic carbocycles. The lowest BCUT2D eigenvalue weighted by Gasteiger charge is -1.98. The van der Waals surface area contributed by atoms with Crippen LogP contribution in [0, 0.1) is 5.82 Å². The van der Waals surface area contributed by atoms with Crippen LogP contribution in [0.3, 0.4) is 0 Å². The van der Waals surface area contributed by atoms with E-state index in [9.17, 15) is 9.18 Å². The molecule has 68 valence electrons. The molecule has 0 bridgehead atoms. The number of nitrogens with zero attached hydrogens (tertiary/aromatic N) is 1. The standard InChI is InChI=1S/C10H10FNO/c1-7(2)5-10(13)9-4-3-8(11)6-12-9/h3-4,6H,1,5H2,2H3. The van der Waals surface area contributed by atoms with Crippen LogP contribution in [0.2, 0.25) is 0 Å². The predicted octanol–water partition coefficient (Wildman–Crippen LogP) is 2.37. The van der Waals surface area contributed by atoms with Crippen molar-refractivity contribution in [3.63, 3.8) is 0 Å². The van der Waals surface area contributed by atoms with E-state index in [1.807, 2.05) is 0 Å². The highest BCUT2D eigenvalue weighted by molar-refractivity contribution is 5.95. The predicted molar refractivity (Wildman–Crippen MR) is 48.0 cm³/mol. The van der Waals surface area contributed by atoms with Gasteiger partial charge in [0.25, 0.3) is 0 Å². The van der Waals surface area contributed by atoms with Crippen LogP contribution >= 0.6 is 0 Å². The molecular formula is C10H10FNO. The molecule has 0 spiro atoms. The molecule has 0 atom stereocenters. The molecule has 1 aromatic rings. The first kappa shape index (κ1) is 9.58. The number of allylic oxidation sites excluding steroid dienone is 1. The largest absolute Gasteiger partial charge is 0.292 e. The van der Waals surface area contributed by atoms with E-state index in [2.05, 4.69) is 11.6 Å². The number of aromatic nitrogens is 1. The van der Waals surface area contributed by atoms with Crippen molar-refractivity contribution in [2.75, 3.05) is 0 Å². The fraction of sp³-hybridized carbons (Fsp3) is 0.200. The average molecular weight is 179 g/mol. The molecule has 1 rings (SSSR count). The summed E-state index contributed by atoms with van der Waals surface area (Å²) in [7, 11) is 0. The number of hydrogen-bond acceptors (Lipinski definition) is 2. The van der Waals surface area contributed by atoms with Gasteiger partial charge in [-0.1, -0.05) is 12.2 Å². The molecule has 2 nitrogen and oxygen atoms in total. The fourth-order valence-corrected chi connectivity index (χ4v) is 0.905. The van der Waals surface area contributed by atoms with Crippen LogP contribution in [-0.2, 0) is 0 Å². The number of hydrogen-bond donors (Lipinski definition) is 0. The molecule has 0 aliphatic rings. The second-order valence-electron chi connectivity index (χ2n) is 2.92. The van der Waals surface area contributed by atoms with Crippen LogP contribution in [0.5, 0.6) is 0 Å². The van der Waals surface area contributed by atoms with Crippen LogP contribution in [0.4, 0.5) is 4.39 Å². The molecule has 0 unspecified atom stereocenters. The number of rotatable bonds is 3. The van der Waals surface area contributed by atoms with Gasteiger partial charge in [0.2, 0.25) is 0 Å². The van der Waals surface area contributed by atoms with Crippen molar-refractivity contribution in [3.8, 4) is 0 Å². The average Bonchev–Trinajstić information content (AvgIpc) is 2.04. The lowest BCUT2D eigenvalue weighted by atomic mass is 10.1. The van der Waals surface area contributed by atoms with E-state index in [1.54, 1.807) is 6.92 Å². The maximum atomic E-state index is 12.4. The summed E-state index contributed by atoms with van der Waals surface area (Å²) in [6.07, 6.45) is 1.30. The first-order valence-electron chi connectivity index (χ1n) is 3.88. The van der Waals surface area contributed by atoms with Gasteiger partial charge in [0.05, 0.1) is 6.20 Å². The van der Waals surface area contributed by atoms with E-state index in [0.29, 0.717) is 0 Å². The third kappa shape index (κ3) is 2.78. The second kappa shape index (κ2) is 3.94. The summed E-state index contributed by atoms with van der Waals surface area (Å²) in [5, 5.41) is 0. The Morgan fingerprint density at radius 2 is 2.31 bits per heavy atom. The summed E-state index contributed by atoms with van der Waals surface area (Å²) in [6.45, 7) is 5.38. The van der Waals surface area contributed by atoms with Crippen LogP contribution in [0.15, 0.2) is 30.5 Å². The Morgan fingerprint density at radius 1 is 1.62 bits per heavy atom. The zero-order chi connectivity index (χ0) is 9.84. The zero-order valence-corrected chi connectivity index (χ0v) is 7.38. The molecule has 1 aromatic heterocycles. The van der Waals surface area contributed by atoms with Crippen molar-refractivity contribution < 1.29 is 9.18 Å². The molecule has 0 N–H and O–H groups in total. The van der Waals surface area contributed by atoms with E-state index in [0.717, 1.165) is 11.8 Å². The third-order valence-corrected chi connectivity index (χ3v) is 1.48. The Bertz CT molecular complexity index is 329. The van der Waals surface area contributed by atoms with Gasteiger partial charge in [-0.25, -0.2) is 4.39 Å². The number of carbonyl (C=O) groups excluding carboxylic acids is 1. The van der Waals surface area contributed by atoms with Crippen molar-refractivity contribution >= 4 is 5.78 Å². The van der Waals surface area contributed by atoms with Gasteiger partial charge in [-0.15, -0.1) is 0 Å².